The summed E-state index contributed by atoms with van der Waals surface area (Å²) in [7, 11) is 0. The summed E-state index contributed by atoms with van der Waals surface area (Å²) >= 11 is 0. The van der Waals surface area contributed by atoms with Crippen LogP contribution in [0.15, 0.2) is 0 Å². The molecular weight excluding hydrogens is 256 g/mol. The van der Waals surface area contributed by atoms with E-state index < -0.39 is 17.9 Å². The molecule has 0 spiro atoms. The van der Waals surface area contributed by atoms with E-state index in [0.717, 1.165) is 19.3 Å². The summed E-state index contributed by atoms with van der Waals surface area (Å²) in [6.45, 7) is 4.74. The number of ketones is 1. The van der Waals surface area contributed by atoms with Crippen molar-refractivity contribution in [3.05, 3.63) is 0 Å². The Bertz CT molecular complexity index is 310. The molecule has 20 heavy (non-hydrogen) atoms. The molecule has 116 valence electrons. The summed E-state index contributed by atoms with van der Waals surface area (Å²) in [4.78, 5) is 33.7. The zero-order chi connectivity index (χ0) is 15.4. The highest BCUT2D eigenvalue weighted by molar-refractivity contribution is 6.00. The molecule has 0 fully saturated rings. The van der Waals surface area contributed by atoms with Gasteiger partial charge in [-0.2, -0.15) is 0 Å². The van der Waals surface area contributed by atoms with Crippen molar-refractivity contribution in [2.45, 2.75) is 78.6 Å². The van der Waals surface area contributed by atoms with Crippen molar-refractivity contribution >= 4 is 17.7 Å². The van der Waals surface area contributed by atoms with Gasteiger partial charge in [0.2, 0.25) is 0 Å². The summed E-state index contributed by atoms with van der Waals surface area (Å²) < 4.78 is 4.50. The number of carbonyl (C=O) groups excluding carboxylic acids is 3. The van der Waals surface area contributed by atoms with Crippen LogP contribution in [0.3, 0.4) is 0 Å². The summed E-state index contributed by atoms with van der Waals surface area (Å²) in [5.74, 6) is -2.36. The molecule has 4 nitrogen and oxygen atoms in total. The van der Waals surface area contributed by atoms with E-state index in [1.165, 1.54) is 46.0 Å². The molecule has 0 heterocycles. The zero-order valence-electron chi connectivity index (χ0n) is 13.1. The first kappa shape index (κ1) is 18.8. The van der Waals surface area contributed by atoms with Crippen molar-refractivity contribution in [1.82, 2.24) is 0 Å². The van der Waals surface area contributed by atoms with Gasteiger partial charge in [-0.15, -0.1) is 0 Å². The van der Waals surface area contributed by atoms with E-state index >= 15 is 0 Å². The van der Waals surface area contributed by atoms with Gasteiger partial charge in [0.05, 0.1) is 0 Å². The van der Waals surface area contributed by atoms with Gasteiger partial charge in [0.25, 0.3) is 0 Å². The molecule has 0 amide bonds. The van der Waals surface area contributed by atoms with Gasteiger partial charge >= 0.3 is 11.9 Å². The first-order chi connectivity index (χ1) is 9.49. The molecule has 0 N–H and O–H groups in total. The van der Waals surface area contributed by atoms with Crippen LogP contribution in [0.4, 0.5) is 0 Å². The van der Waals surface area contributed by atoms with E-state index in [1.807, 2.05) is 0 Å². The summed E-state index contributed by atoms with van der Waals surface area (Å²) in [5.41, 5.74) is 0. The molecule has 0 aliphatic heterocycles. The van der Waals surface area contributed by atoms with Crippen LogP contribution in [0.5, 0.6) is 0 Å². The predicted molar refractivity (Wildman–Crippen MR) is 78.2 cm³/mol. The Balaban J connectivity index is 3.79. The first-order valence-electron chi connectivity index (χ1n) is 7.71. The summed E-state index contributed by atoms with van der Waals surface area (Å²) in [6.07, 6.45) is 9.76. The quantitative estimate of drug-likeness (QED) is 0.329. The molecule has 0 aliphatic carbocycles. The summed E-state index contributed by atoms with van der Waals surface area (Å²) in [6, 6.07) is 0. The Hall–Kier alpha value is -1.19. The van der Waals surface area contributed by atoms with Gasteiger partial charge in [0, 0.05) is 6.92 Å². The van der Waals surface area contributed by atoms with Crippen LogP contribution >= 0.6 is 0 Å². The highest BCUT2D eigenvalue weighted by Crippen LogP contribution is 2.15. The molecule has 0 rings (SSSR count). The molecule has 0 radical (unpaired) electrons. The number of hydrogen-bond acceptors (Lipinski definition) is 4. The summed E-state index contributed by atoms with van der Waals surface area (Å²) in [5, 5.41) is 0. The molecule has 1 unspecified atom stereocenters. The molecule has 1 atom stereocenters. The third kappa shape index (κ3) is 9.70. The number of unbranched alkanes of at least 4 members (excludes halogenated alkanes) is 7. The van der Waals surface area contributed by atoms with Crippen LogP contribution in [0.25, 0.3) is 0 Å². The molecule has 0 aliphatic rings. The van der Waals surface area contributed by atoms with Crippen LogP contribution < -0.4 is 0 Å². The maximum absolute atomic E-state index is 11.6. The van der Waals surface area contributed by atoms with Crippen molar-refractivity contribution in [2.75, 3.05) is 0 Å². The molecule has 0 aromatic heterocycles. The van der Waals surface area contributed by atoms with E-state index in [4.69, 9.17) is 0 Å². The molecule has 0 saturated heterocycles. The maximum atomic E-state index is 11.6. The van der Waals surface area contributed by atoms with Gasteiger partial charge in [0.1, 0.15) is 11.7 Å². The number of Topliss-reactive ketones (excluding diaryl/α,β-unsaturated/α-hetero) is 1. The average Bonchev–Trinajstić information content (AvgIpc) is 2.35. The maximum Gasteiger partial charge on any atom is 0.324 e. The second kappa shape index (κ2) is 11.6. The van der Waals surface area contributed by atoms with Crippen LogP contribution in [-0.2, 0) is 19.1 Å². The Labute approximate surface area is 122 Å². The Morgan fingerprint density at radius 2 is 1.35 bits per heavy atom. The van der Waals surface area contributed by atoms with Gasteiger partial charge in [-0.25, -0.2) is 0 Å². The van der Waals surface area contributed by atoms with Gasteiger partial charge in [-0.1, -0.05) is 58.3 Å². The van der Waals surface area contributed by atoms with E-state index in [1.54, 1.807) is 0 Å². The molecule has 0 aromatic rings. The molecular formula is C16H28O4. The lowest BCUT2D eigenvalue weighted by Crippen LogP contribution is -2.25. The van der Waals surface area contributed by atoms with Crippen molar-refractivity contribution in [2.24, 2.45) is 5.92 Å². The zero-order valence-corrected chi connectivity index (χ0v) is 13.1. The average molecular weight is 284 g/mol. The van der Waals surface area contributed by atoms with Gasteiger partial charge in [-0.3, -0.25) is 14.4 Å². The highest BCUT2D eigenvalue weighted by atomic mass is 16.6. The predicted octanol–water partition coefficient (Wildman–Crippen LogP) is 3.81. The number of hydrogen-bond donors (Lipinski definition) is 0. The van der Waals surface area contributed by atoms with Crippen LogP contribution in [0, 0.1) is 5.92 Å². The Morgan fingerprint density at radius 3 is 1.80 bits per heavy atom. The van der Waals surface area contributed by atoms with Crippen molar-refractivity contribution < 1.29 is 19.1 Å². The molecule has 0 saturated carbocycles. The lowest BCUT2D eigenvalue weighted by atomic mass is 9.97. The minimum atomic E-state index is -0.779. The SMILES string of the molecule is CCCCCCCCCCC(C(C)=O)C(=O)OC(C)=O. The van der Waals surface area contributed by atoms with Gasteiger partial charge in [0.15, 0.2) is 0 Å². The fourth-order valence-corrected chi connectivity index (χ4v) is 2.18. The standard InChI is InChI=1S/C16H28O4/c1-4-5-6-7-8-9-10-11-12-15(13(2)17)16(19)20-14(3)18/h15H,4-12H2,1-3H3. The van der Waals surface area contributed by atoms with E-state index in [2.05, 4.69) is 11.7 Å². The smallest absolute Gasteiger partial charge is 0.324 e. The lowest BCUT2D eigenvalue weighted by Gasteiger charge is -2.11. The van der Waals surface area contributed by atoms with E-state index in [9.17, 15) is 14.4 Å². The van der Waals surface area contributed by atoms with Gasteiger partial charge in [-0.05, 0) is 13.3 Å². The fourth-order valence-electron chi connectivity index (χ4n) is 2.18. The van der Waals surface area contributed by atoms with E-state index in [-0.39, 0.29) is 5.78 Å². The lowest BCUT2D eigenvalue weighted by molar-refractivity contribution is -0.162. The minimum Gasteiger partial charge on any atom is -0.393 e. The van der Waals surface area contributed by atoms with Crippen molar-refractivity contribution in [3.8, 4) is 0 Å². The number of carbonyl (C=O) groups is 3. The minimum absolute atomic E-state index is 0.223. The number of ether oxygens (including phenoxy) is 1. The molecule has 0 aromatic carbocycles. The Kier molecular flexibility index (Phi) is 10.9. The topological polar surface area (TPSA) is 60.4 Å². The first-order valence-corrected chi connectivity index (χ1v) is 7.71. The third-order valence-electron chi connectivity index (χ3n) is 3.37. The van der Waals surface area contributed by atoms with Crippen molar-refractivity contribution in [3.63, 3.8) is 0 Å². The second-order valence-corrected chi connectivity index (χ2v) is 5.34. The Morgan fingerprint density at radius 1 is 0.850 bits per heavy atom. The third-order valence-corrected chi connectivity index (χ3v) is 3.37. The highest BCUT2D eigenvalue weighted by Gasteiger charge is 2.25. The monoisotopic (exact) mass is 284 g/mol. The fraction of sp³-hybridized carbons (Fsp3) is 0.812. The van der Waals surface area contributed by atoms with Crippen LogP contribution in [-0.4, -0.2) is 17.7 Å². The van der Waals surface area contributed by atoms with Crippen LogP contribution in [0.2, 0.25) is 0 Å². The van der Waals surface area contributed by atoms with Crippen molar-refractivity contribution in [1.29, 1.82) is 0 Å². The molecule has 4 heteroatoms. The number of rotatable bonds is 11. The van der Waals surface area contributed by atoms with Gasteiger partial charge < -0.3 is 4.74 Å². The molecule has 0 bridgehead atoms. The normalized spacial score (nSPS) is 11.9. The second-order valence-electron chi connectivity index (χ2n) is 5.34. The van der Waals surface area contributed by atoms with E-state index in [0.29, 0.717) is 6.42 Å². The largest absolute Gasteiger partial charge is 0.393 e. The van der Waals surface area contributed by atoms with Crippen LogP contribution in [0.1, 0.15) is 78.6 Å². The number of esters is 2.